The molecule has 0 bridgehead atoms. The molecule has 2 aromatic heterocycles. The van der Waals surface area contributed by atoms with Crippen LogP contribution in [-0.2, 0) is 15.9 Å². The summed E-state index contributed by atoms with van der Waals surface area (Å²) in [5, 5.41) is 8.72. The van der Waals surface area contributed by atoms with Gasteiger partial charge in [-0.1, -0.05) is 11.6 Å². The summed E-state index contributed by atoms with van der Waals surface area (Å²) >= 11 is 4.56. The highest BCUT2D eigenvalue weighted by Gasteiger charge is 2.28. The topological polar surface area (TPSA) is 155 Å². The Hall–Kier alpha value is -3.87. The number of hydrogen-bond acceptors (Lipinski definition) is 8. The molecular weight excluding hydrogens is 594 g/mol. The molecule has 11 nitrogen and oxygen atoms in total. The van der Waals surface area contributed by atoms with Crippen LogP contribution >= 0.6 is 11.6 Å². The predicted octanol–water partition coefficient (Wildman–Crippen LogP) is 5.59. The van der Waals surface area contributed by atoms with Crippen LogP contribution in [0.4, 0.5) is 16.3 Å². The number of halogens is 1. The quantitative estimate of drug-likeness (QED) is 0.273. The summed E-state index contributed by atoms with van der Waals surface area (Å²) in [5.74, 6) is -0.563. The summed E-state index contributed by atoms with van der Waals surface area (Å²) in [5.41, 5.74) is -0.211. The lowest BCUT2D eigenvalue weighted by Crippen LogP contribution is -2.42. The minimum Gasteiger partial charge on any atom is -0.612 e. The first-order valence-electron chi connectivity index (χ1n) is 13.7. The van der Waals surface area contributed by atoms with Crippen LogP contribution in [-0.4, -0.2) is 56.4 Å². The van der Waals surface area contributed by atoms with Gasteiger partial charge < -0.3 is 30.0 Å². The summed E-state index contributed by atoms with van der Waals surface area (Å²) in [6, 6.07) is 11.0. The number of alkyl carbamates (subject to hydrolysis) is 1. The molecule has 0 aliphatic heterocycles. The Labute approximate surface area is 258 Å². The van der Waals surface area contributed by atoms with Crippen molar-refractivity contribution in [2.24, 2.45) is 0 Å². The number of hydrogen-bond donors (Lipinski definition) is 3. The average Bonchev–Trinajstić information content (AvgIpc) is 2.94. The number of anilines is 2. The molecule has 13 heteroatoms. The maximum Gasteiger partial charge on any atom is 0.407 e. The van der Waals surface area contributed by atoms with Crippen molar-refractivity contribution >= 4 is 52.2 Å². The van der Waals surface area contributed by atoms with E-state index in [4.69, 9.17) is 21.1 Å². The van der Waals surface area contributed by atoms with E-state index in [9.17, 15) is 18.9 Å². The van der Waals surface area contributed by atoms with Gasteiger partial charge in [-0.2, -0.15) is 0 Å². The summed E-state index contributed by atoms with van der Waals surface area (Å²) in [6.45, 7) is 5.43. The molecule has 0 spiro atoms. The first kappa shape index (κ1) is 32.1. The van der Waals surface area contributed by atoms with E-state index in [-0.39, 0.29) is 40.7 Å². The fraction of sp³-hybridized carbons (Fsp3) is 0.367. The Morgan fingerprint density at radius 2 is 1.74 bits per heavy atom. The summed E-state index contributed by atoms with van der Waals surface area (Å²) in [6.07, 6.45) is 6.30. The zero-order chi connectivity index (χ0) is 31.1. The molecule has 3 amide bonds. The van der Waals surface area contributed by atoms with E-state index in [0.29, 0.717) is 35.6 Å². The Morgan fingerprint density at radius 3 is 2.40 bits per heavy atom. The van der Waals surface area contributed by atoms with Crippen LogP contribution in [0.1, 0.15) is 67.3 Å². The van der Waals surface area contributed by atoms with Crippen molar-refractivity contribution in [3.63, 3.8) is 0 Å². The van der Waals surface area contributed by atoms with Crippen LogP contribution in [0, 0.1) is 0 Å². The van der Waals surface area contributed by atoms with Gasteiger partial charge in [0.15, 0.2) is 10.6 Å². The molecule has 228 valence electrons. The lowest BCUT2D eigenvalue weighted by atomic mass is 9.93. The van der Waals surface area contributed by atoms with Crippen molar-refractivity contribution in [2.75, 3.05) is 16.9 Å². The second kappa shape index (κ2) is 14.1. The normalized spacial score (nSPS) is 17.3. The highest BCUT2D eigenvalue weighted by atomic mass is 35.5. The zero-order valence-corrected chi connectivity index (χ0v) is 25.9. The Balaban J connectivity index is 1.46. The van der Waals surface area contributed by atoms with Gasteiger partial charge in [-0.25, -0.2) is 14.8 Å². The predicted molar refractivity (Wildman–Crippen MR) is 164 cm³/mol. The SMILES string of the molecule is C[S+]([O-])c1ccc(C(=O)Nc2cccnc2C(=O)Nc2ccc(Cl)cn2)c(O[C@H]2CC[C@@H](NC(=O)OC(C)(C)C)CC2)c1. The molecule has 1 unspecified atom stereocenters. The Bertz CT molecular complexity index is 1460. The molecule has 0 saturated heterocycles. The van der Waals surface area contributed by atoms with Gasteiger partial charge in [0.2, 0.25) is 0 Å². The molecule has 1 fully saturated rings. The molecule has 2 heterocycles. The minimum absolute atomic E-state index is 0.0165. The van der Waals surface area contributed by atoms with Crippen molar-refractivity contribution in [2.45, 2.75) is 69.1 Å². The van der Waals surface area contributed by atoms with Crippen molar-refractivity contribution in [1.29, 1.82) is 0 Å². The van der Waals surface area contributed by atoms with Gasteiger partial charge in [-0.3, -0.25) is 9.59 Å². The largest absolute Gasteiger partial charge is 0.612 e. The number of rotatable bonds is 8. The molecule has 4 rings (SSSR count). The van der Waals surface area contributed by atoms with Crippen LogP contribution in [0.2, 0.25) is 5.02 Å². The average molecular weight is 628 g/mol. The smallest absolute Gasteiger partial charge is 0.407 e. The monoisotopic (exact) mass is 627 g/mol. The minimum atomic E-state index is -1.31. The van der Waals surface area contributed by atoms with E-state index in [1.54, 1.807) is 48.7 Å². The lowest BCUT2D eigenvalue weighted by molar-refractivity contribution is 0.0469. The summed E-state index contributed by atoms with van der Waals surface area (Å²) in [7, 11) is 0. The van der Waals surface area contributed by atoms with Gasteiger partial charge in [0.1, 0.15) is 23.4 Å². The number of carbonyl (C=O) groups excluding carboxylic acids is 3. The number of benzene rings is 1. The van der Waals surface area contributed by atoms with Crippen LogP contribution in [0.15, 0.2) is 59.8 Å². The lowest BCUT2D eigenvalue weighted by Gasteiger charge is -2.30. The molecule has 3 N–H and O–H groups in total. The maximum absolute atomic E-state index is 13.5. The molecule has 1 aromatic carbocycles. The van der Waals surface area contributed by atoms with Crippen LogP contribution in [0.3, 0.4) is 0 Å². The molecule has 1 aliphatic carbocycles. The highest BCUT2D eigenvalue weighted by Crippen LogP contribution is 2.30. The maximum atomic E-state index is 13.5. The highest BCUT2D eigenvalue weighted by molar-refractivity contribution is 7.90. The van der Waals surface area contributed by atoms with E-state index >= 15 is 0 Å². The second-order valence-corrected chi connectivity index (χ2v) is 12.8. The van der Waals surface area contributed by atoms with Crippen molar-refractivity contribution in [3.8, 4) is 5.75 Å². The number of ether oxygens (including phenoxy) is 2. The Kier molecular flexibility index (Phi) is 10.5. The third-order valence-electron chi connectivity index (χ3n) is 6.46. The molecule has 0 radical (unpaired) electrons. The number of amides is 3. The molecule has 1 saturated carbocycles. The van der Waals surface area contributed by atoms with Crippen LogP contribution in [0.25, 0.3) is 0 Å². The van der Waals surface area contributed by atoms with Gasteiger partial charge in [-0.05, 0) is 94.0 Å². The van der Waals surface area contributed by atoms with Gasteiger partial charge in [0.25, 0.3) is 11.8 Å². The van der Waals surface area contributed by atoms with E-state index in [2.05, 4.69) is 25.9 Å². The summed E-state index contributed by atoms with van der Waals surface area (Å²) < 4.78 is 23.9. The van der Waals surface area contributed by atoms with E-state index < -0.39 is 34.7 Å². The number of carbonyl (C=O) groups is 3. The molecular formula is C30H34ClN5O6S. The first-order valence-corrected chi connectivity index (χ1v) is 15.6. The number of nitrogens with one attached hydrogen (secondary N) is 3. The third-order valence-corrected chi connectivity index (χ3v) is 7.60. The standard InChI is InChI=1S/C30H34ClN5O6S/c1-30(2,3)42-29(39)34-19-8-10-20(11-9-19)41-24-16-21(43(4)40)12-13-22(24)27(37)35-23-6-5-15-32-26(23)28(38)36-25-14-7-18(31)17-33-25/h5-7,12-17,19-20H,8-11H2,1-4H3,(H,34,39)(H,35,37)(H,33,36,38)/t19-,20+,43?. The fourth-order valence-electron chi connectivity index (χ4n) is 4.45. The number of nitrogens with zero attached hydrogens (tertiary/aromatic N) is 2. The van der Waals surface area contributed by atoms with E-state index in [1.165, 1.54) is 12.4 Å². The Morgan fingerprint density at radius 1 is 1.00 bits per heavy atom. The van der Waals surface area contributed by atoms with Crippen LogP contribution in [0.5, 0.6) is 5.75 Å². The summed E-state index contributed by atoms with van der Waals surface area (Å²) in [4.78, 5) is 47.3. The van der Waals surface area contributed by atoms with E-state index in [0.717, 1.165) is 0 Å². The zero-order valence-electron chi connectivity index (χ0n) is 24.3. The fourth-order valence-corrected chi connectivity index (χ4v) is 5.09. The molecule has 3 aromatic rings. The first-order chi connectivity index (χ1) is 20.4. The van der Waals surface area contributed by atoms with Crippen molar-refractivity contribution in [1.82, 2.24) is 15.3 Å². The number of pyridine rings is 2. The third kappa shape index (κ3) is 9.31. The van der Waals surface area contributed by atoms with Gasteiger partial charge in [0.05, 0.1) is 22.4 Å². The van der Waals surface area contributed by atoms with E-state index in [1.807, 2.05) is 20.8 Å². The number of aromatic nitrogens is 2. The molecule has 1 atom stereocenters. The molecule has 1 aliphatic rings. The van der Waals surface area contributed by atoms with Crippen molar-refractivity contribution in [3.05, 3.63) is 71.1 Å². The molecule has 43 heavy (non-hydrogen) atoms. The van der Waals surface area contributed by atoms with Crippen molar-refractivity contribution < 1.29 is 28.4 Å². The van der Waals surface area contributed by atoms with Gasteiger partial charge in [-0.15, -0.1) is 0 Å². The van der Waals surface area contributed by atoms with Gasteiger partial charge in [0, 0.05) is 24.5 Å². The second-order valence-electron chi connectivity index (χ2n) is 11.0. The van der Waals surface area contributed by atoms with Crippen LogP contribution < -0.4 is 20.7 Å². The van der Waals surface area contributed by atoms with Gasteiger partial charge >= 0.3 is 6.09 Å².